The lowest BCUT2D eigenvalue weighted by atomic mass is 10.1. The SMILES string of the molecule is O=C(Cc1cc(Cl)c2c(c1)OCCO2)NCc1ccnc(OCC(F)(F)F)c1. The van der Waals surface area contributed by atoms with Gasteiger partial charge in [0.2, 0.25) is 11.8 Å². The summed E-state index contributed by atoms with van der Waals surface area (Å²) in [7, 11) is 0. The first-order chi connectivity index (χ1) is 13.3. The first kappa shape index (κ1) is 20.1. The maximum Gasteiger partial charge on any atom is 0.422 e. The third-order valence-corrected chi connectivity index (χ3v) is 3.97. The van der Waals surface area contributed by atoms with Gasteiger partial charge >= 0.3 is 6.18 Å². The van der Waals surface area contributed by atoms with Gasteiger partial charge < -0.3 is 19.5 Å². The molecule has 1 aliphatic rings. The molecule has 1 aromatic heterocycles. The molecule has 0 bridgehead atoms. The molecule has 1 aromatic carbocycles. The summed E-state index contributed by atoms with van der Waals surface area (Å²) < 4.78 is 52.1. The Bertz CT molecular complexity index is 861. The molecule has 0 radical (unpaired) electrons. The van der Waals surface area contributed by atoms with Crippen molar-refractivity contribution >= 4 is 17.5 Å². The number of nitrogens with one attached hydrogen (secondary N) is 1. The second-order valence-electron chi connectivity index (χ2n) is 5.96. The van der Waals surface area contributed by atoms with Gasteiger partial charge in [0.25, 0.3) is 0 Å². The fourth-order valence-electron chi connectivity index (χ4n) is 2.51. The van der Waals surface area contributed by atoms with E-state index < -0.39 is 12.8 Å². The van der Waals surface area contributed by atoms with E-state index in [2.05, 4.69) is 15.0 Å². The van der Waals surface area contributed by atoms with Gasteiger partial charge in [0.05, 0.1) is 11.4 Å². The number of carbonyl (C=O) groups excluding carboxylic acids is 1. The van der Waals surface area contributed by atoms with Crippen LogP contribution in [0.4, 0.5) is 13.2 Å². The van der Waals surface area contributed by atoms with Gasteiger partial charge in [0.15, 0.2) is 18.1 Å². The van der Waals surface area contributed by atoms with Crippen LogP contribution >= 0.6 is 11.6 Å². The van der Waals surface area contributed by atoms with Crippen LogP contribution in [-0.4, -0.2) is 36.9 Å². The summed E-state index contributed by atoms with van der Waals surface area (Å²) >= 11 is 6.15. The third kappa shape index (κ3) is 5.66. The number of hydrogen-bond acceptors (Lipinski definition) is 5. The molecule has 0 aliphatic carbocycles. The molecule has 10 heteroatoms. The minimum atomic E-state index is -4.45. The molecule has 0 atom stereocenters. The number of alkyl halides is 3. The molecular formula is C18H16ClF3N2O4. The van der Waals surface area contributed by atoms with Crippen LogP contribution in [0.5, 0.6) is 17.4 Å². The molecule has 0 saturated carbocycles. The van der Waals surface area contributed by atoms with Crippen LogP contribution in [-0.2, 0) is 17.8 Å². The molecule has 1 aliphatic heterocycles. The average molecular weight is 417 g/mol. The summed E-state index contributed by atoms with van der Waals surface area (Å²) in [4.78, 5) is 15.9. The Balaban J connectivity index is 1.55. The van der Waals surface area contributed by atoms with Crippen molar-refractivity contribution in [1.29, 1.82) is 0 Å². The lowest BCUT2D eigenvalue weighted by Crippen LogP contribution is -2.25. The largest absolute Gasteiger partial charge is 0.486 e. The molecule has 3 rings (SSSR count). The molecule has 1 N–H and O–H groups in total. The maximum atomic E-state index is 12.2. The Hall–Kier alpha value is -2.68. The fraction of sp³-hybridized carbons (Fsp3) is 0.333. The molecule has 2 aromatic rings. The fourth-order valence-corrected chi connectivity index (χ4v) is 2.80. The summed E-state index contributed by atoms with van der Waals surface area (Å²) in [5.74, 6) is 0.493. The van der Waals surface area contributed by atoms with Crippen molar-refractivity contribution < 1.29 is 32.2 Å². The molecule has 2 heterocycles. The van der Waals surface area contributed by atoms with Gasteiger partial charge in [-0.1, -0.05) is 11.6 Å². The quantitative estimate of drug-likeness (QED) is 0.782. The van der Waals surface area contributed by atoms with Crippen molar-refractivity contribution in [2.45, 2.75) is 19.1 Å². The Labute approximate surface area is 163 Å². The number of halogens is 4. The van der Waals surface area contributed by atoms with Crippen LogP contribution in [0, 0.1) is 0 Å². The number of aromatic nitrogens is 1. The van der Waals surface area contributed by atoms with Crippen molar-refractivity contribution in [2.75, 3.05) is 19.8 Å². The normalized spacial score (nSPS) is 13.1. The number of pyridine rings is 1. The number of benzene rings is 1. The number of ether oxygens (including phenoxy) is 3. The first-order valence-electron chi connectivity index (χ1n) is 8.29. The number of carbonyl (C=O) groups is 1. The second kappa shape index (κ2) is 8.55. The van der Waals surface area contributed by atoms with Crippen LogP contribution in [0.1, 0.15) is 11.1 Å². The number of amides is 1. The van der Waals surface area contributed by atoms with Crippen LogP contribution in [0.2, 0.25) is 5.02 Å². The highest BCUT2D eigenvalue weighted by Gasteiger charge is 2.28. The van der Waals surface area contributed by atoms with E-state index in [9.17, 15) is 18.0 Å². The topological polar surface area (TPSA) is 69.7 Å². The van der Waals surface area contributed by atoms with Crippen LogP contribution in [0.3, 0.4) is 0 Å². The Kier molecular flexibility index (Phi) is 6.13. The monoisotopic (exact) mass is 416 g/mol. The first-order valence-corrected chi connectivity index (χ1v) is 8.67. The lowest BCUT2D eigenvalue weighted by Gasteiger charge is -2.20. The van der Waals surface area contributed by atoms with Crippen molar-refractivity contribution in [3.05, 3.63) is 46.6 Å². The van der Waals surface area contributed by atoms with Crippen LogP contribution in [0.25, 0.3) is 0 Å². The average Bonchev–Trinajstić information content (AvgIpc) is 2.65. The summed E-state index contributed by atoms with van der Waals surface area (Å²) in [6, 6.07) is 6.23. The van der Waals surface area contributed by atoms with Gasteiger partial charge in [-0.2, -0.15) is 13.2 Å². The van der Waals surface area contributed by atoms with E-state index in [1.165, 1.54) is 12.3 Å². The summed E-state index contributed by atoms with van der Waals surface area (Å²) in [5, 5.41) is 3.05. The molecule has 28 heavy (non-hydrogen) atoms. The number of rotatable bonds is 6. The van der Waals surface area contributed by atoms with Crippen LogP contribution < -0.4 is 19.5 Å². The van der Waals surface area contributed by atoms with E-state index in [-0.39, 0.29) is 24.8 Å². The molecule has 0 saturated heterocycles. The highest BCUT2D eigenvalue weighted by Crippen LogP contribution is 2.38. The van der Waals surface area contributed by atoms with Crippen molar-refractivity contribution in [3.8, 4) is 17.4 Å². The van der Waals surface area contributed by atoms with Gasteiger partial charge in [0, 0.05) is 18.8 Å². The molecule has 0 unspecified atom stereocenters. The van der Waals surface area contributed by atoms with E-state index in [0.717, 1.165) is 0 Å². The predicted molar refractivity (Wildman–Crippen MR) is 93.8 cm³/mol. The van der Waals surface area contributed by atoms with E-state index >= 15 is 0 Å². The van der Waals surface area contributed by atoms with E-state index in [1.807, 2.05) is 0 Å². The molecule has 1 amide bonds. The van der Waals surface area contributed by atoms with E-state index in [1.54, 1.807) is 18.2 Å². The minimum Gasteiger partial charge on any atom is -0.486 e. The van der Waals surface area contributed by atoms with Gasteiger partial charge in [-0.3, -0.25) is 4.79 Å². The number of fused-ring (bicyclic) bond motifs is 1. The van der Waals surface area contributed by atoms with Crippen molar-refractivity contribution in [2.24, 2.45) is 0 Å². The standard InChI is InChI=1S/C18H16ClF3N2O4/c19-13-5-12(6-14-17(13)27-4-3-26-14)7-15(25)24-9-11-1-2-23-16(8-11)28-10-18(20,21)22/h1-2,5-6,8H,3-4,7,9-10H2,(H,24,25). The second-order valence-corrected chi connectivity index (χ2v) is 6.37. The predicted octanol–water partition coefficient (Wildman–Crippen LogP) is 3.31. The van der Waals surface area contributed by atoms with E-state index in [4.69, 9.17) is 21.1 Å². The Morgan fingerprint density at radius 3 is 2.79 bits per heavy atom. The van der Waals surface area contributed by atoms with Gasteiger partial charge in [0.1, 0.15) is 13.2 Å². The third-order valence-electron chi connectivity index (χ3n) is 3.69. The summed E-state index contributed by atoms with van der Waals surface area (Å²) in [6.45, 7) is -0.504. The summed E-state index contributed by atoms with van der Waals surface area (Å²) in [5.41, 5.74) is 1.21. The zero-order valence-electron chi connectivity index (χ0n) is 14.5. The number of hydrogen-bond donors (Lipinski definition) is 1. The van der Waals surface area contributed by atoms with Crippen molar-refractivity contribution in [1.82, 2.24) is 10.3 Å². The Morgan fingerprint density at radius 1 is 1.21 bits per heavy atom. The highest BCUT2D eigenvalue weighted by atomic mass is 35.5. The Morgan fingerprint density at radius 2 is 2.00 bits per heavy atom. The molecule has 0 spiro atoms. The molecule has 0 fully saturated rings. The number of nitrogens with zero attached hydrogens (tertiary/aromatic N) is 1. The zero-order valence-corrected chi connectivity index (χ0v) is 15.3. The lowest BCUT2D eigenvalue weighted by molar-refractivity contribution is -0.154. The van der Waals surface area contributed by atoms with Gasteiger partial charge in [-0.25, -0.2) is 4.98 Å². The summed E-state index contributed by atoms with van der Waals surface area (Å²) in [6.07, 6.45) is -3.08. The molecule has 150 valence electrons. The highest BCUT2D eigenvalue weighted by molar-refractivity contribution is 6.32. The van der Waals surface area contributed by atoms with Gasteiger partial charge in [-0.15, -0.1) is 0 Å². The smallest absolute Gasteiger partial charge is 0.422 e. The van der Waals surface area contributed by atoms with Crippen molar-refractivity contribution in [3.63, 3.8) is 0 Å². The zero-order chi connectivity index (χ0) is 20.1. The van der Waals surface area contributed by atoms with Gasteiger partial charge in [-0.05, 0) is 29.3 Å². The molecular weight excluding hydrogens is 401 g/mol. The molecule has 6 nitrogen and oxygen atoms in total. The maximum absolute atomic E-state index is 12.2. The minimum absolute atomic E-state index is 0.0544. The van der Waals surface area contributed by atoms with E-state index in [0.29, 0.717) is 40.9 Å². The van der Waals surface area contributed by atoms with Crippen LogP contribution in [0.15, 0.2) is 30.5 Å².